The van der Waals surface area contributed by atoms with Crippen LogP contribution in [0.4, 0.5) is 0 Å². The summed E-state index contributed by atoms with van der Waals surface area (Å²) in [6.07, 6.45) is -0.183. The molecule has 0 bridgehead atoms. The Hall–Kier alpha value is -1.84. The van der Waals surface area contributed by atoms with Crippen molar-refractivity contribution in [1.29, 1.82) is 0 Å². The fourth-order valence-electron chi connectivity index (χ4n) is 2.29. The lowest BCUT2D eigenvalue weighted by Crippen LogP contribution is -2.24. The first-order valence-electron chi connectivity index (χ1n) is 7.22. The smallest absolute Gasteiger partial charge is 0.128 e. The van der Waals surface area contributed by atoms with Crippen LogP contribution in [0.1, 0.15) is 30.6 Å². The first-order chi connectivity index (χ1) is 10.2. The van der Waals surface area contributed by atoms with Crippen molar-refractivity contribution in [2.24, 2.45) is 0 Å². The molecule has 0 aromatic heterocycles. The molecule has 3 heteroatoms. The second kappa shape index (κ2) is 7.81. The van der Waals surface area contributed by atoms with Crippen LogP contribution in [0.5, 0.6) is 5.75 Å². The van der Waals surface area contributed by atoms with Crippen LogP contribution < -0.4 is 4.74 Å². The molecule has 0 heterocycles. The number of hydrogen-bond acceptors (Lipinski definition) is 3. The Labute approximate surface area is 126 Å². The van der Waals surface area contributed by atoms with Crippen molar-refractivity contribution in [2.75, 3.05) is 7.11 Å². The molecule has 112 valence electrons. The Morgan fingerprint density at radius 1 is 1.05 bits per heavy atom. The van der Waals surface area contributed by atoms with E-state index in [4.69, 9.17) is 9.47 Å². The van der Waals surface area contributed by atoms with Gasteiger partial charge in [0.2, 0.25) is 0 Å². The van der Waals surface area contributed by atoms with Crippen molar-refractivity contribution >= 4 is 0 Å². The van der Waals surface area contributed by atoms with Crippen molar-refractivity contribution in [2.45, 2.75) is 32.2 Å². The maximum Gasteiger partial charge on any atom is 0.128 e. The van der Waals surface area contributed by atoms with E-state index in [1.165, 1.54) is 0 Å². The van der Waals surface area contributed by atoms with Crippen LogP contribution in [0.3, 0.4) is 0 Å². The molecule has 0 aliphatic carbocycles. The fraction of sp³-hybridized carbons (Fsp3) is 0.333. The molecule has 0 aliphatic heterocycles. The molecule has 0 spiro atoms. The topological polar surface area (TPSA) is 38.7 Å². The molecule has 2 aromatic rings. The quantitative estimate of drug-likeness (QED) is 0.843. The molecular formula is C18H22O3. The first kappa shape index (κ1) is 15.5. The third-order valence-corrected chi connectivity index (χ3v) is 3.39. The predicted molar refractivity (Wildman–Crippen MR) is 83.3 cm³/mol. The van der Waals surface area contributed by atoms with Crippen molar-refractivity contribution < 1.29 is 14.6 Å². The van der Waals surface area contributed by atoms with Crippen LogP contribution in [0.2, 0.25) is 0 Å². The van der Waals surface area contributed by atoms with Gasteiger partial charge in [0.25, 0.3) is 0 Å². The van der Waals surface area contributed by atoms with E-state index in [-0.39, 0.29) is 6.10 Å². The second-order valence-corrected chi connectivity index (χ2v) is 5.00. The van der Waals surface area contributed by atoms with Crippen molar-refractivity contribution in [1.82, 2.24) is 0 Å². The Morgan fingerprint density at radius 3 is 2.48 bits per heavy atom. The standard InChI is InChI=1S/C18H22O3/c1-3-17(18(19)15-9-5-4-6-10-15)21-16-11-7-8-14(12-16)13-20-2/h4-12,17-19H,3,13H2,1-2H3. The van der Waals surface area contributed by atoms with Crippen molar-refractivity contribution in [3.63, 3.8) is 0 Å². The number of ether oxygens (including phenoxy) is 2. The number of hydrogen-bond donors (Lipinski definition) is 1. The van der Waals surface area contributed by atoms with Crippen molar-refractivity contribution in [3.8, 4) is 5.75 Å². The zero-order valence-corrected chi connectivity index (χ0v) is 12.5. The minimum Gasteiger partial charge on any atom is -0.487 e. The highest BCUT2D eigenvalue weighted by Gasteiger charge is 2.20. The average Bonchev–Trinajstić information content (AvgIpc) is 2.53. The molecule has 0 aliphatic rings. The lowest BCUT2D eigenvalue weighted by Gasteiger charge is -2.23. The van der Waals surface area contributed by atoms with E-state index in [1.54, 1.807) is 7.11 Å². The Kier molecular flexibility index (Phi) is 5.78. The SMILES string of the molecule is CCC(Oc1cccc(COC)c1)C(O)c1ccccc1. The minimum atomic E-state index is -0.637. The third kappa shape index (κ3) is 4.31. The summed E-state index contributed by atoms with van der Waals surface area (Å²) in [6, 6.07) is 17.4. The van der Waals surface area contributed by atoms with E-state index >= 15 is 0 Å². The highest BCUT2D eigenvalue weighted by atomic mass is 16.5. The van der Waals surface area contributed by atoms with Gasteiger partial charge < -0.3 is 14.6 Å². The summed E-state index contributed by atoms with van der Waals surface area (Å²) < 4.78 is 11.1. The molecule has 2 rings (SSSR count). The highest BCUT2D eigenvalue weighted by molar-refractivity contribution is 5.29. The Bertz CT molecular complexity index is 539. The lowest BCUT2D eigenvalue weighted by atomic mass is 10.0. The molecule has 21 heavy (non-hydrogen) atoms. The molecule has 0 amide bonds. The van der Waals surface area contributed by atoms with E-state index in [1.807, 2.05) is 61.5 Å². The second-order valence-electron chi connectivity index (χ2n) is 5.00. The average molecular weight is 286 g/mol. The van der Waals surface area contributed by atoms with Gasteiger partial charge in [-0.05, 0) is 29.7 Å². The zero-order valence-electron chi connectivity index (χ0n) is 12.5. The molecule has 1 N–H and O–H groups in total. The maximum absolute atomic E-state index is 10.5. The van der Waals surface area contributed by atoms with Gasteiger partial charge in [0.05, 0.1) is 6.61 Å². The van der Waals surface area contributed by atoms with Crippen LogP contribution in [-0.4, -0.2) is 18.3 Å². The van der Waals surface area contributed by atoms with E-state index in [9.17, 15) is 5.11 Å². The summed E-state index contributed by atoms with van der Waals surface area (Å²) in [5, 5.41) is 10.5. The van der Waals surface area contributed by atoms with Crippen molar-refractivity contribution in [3.05, 3.63) is 65.7 Å². The summed E-state index contributed by atoms with van der Waals surface area (Å²) in [5.41, 5.74) is 1.93. The summed E-state index contributed by atoms with van der Waals surface area (Å²) in [7, 11) is 1.67. The monoisotopic (exact) mass is 286 g/mol. The lowest BCUT2D eigenvalue weighted by molar-refractivity contribution is 0.0330. The fourth-order valence-corrected chi connectivity index (χ4v) is 2.29. The molecule has 3 nitrogen and oxygen atoms in total. The van der Waals surface area contributed by atoms with Gasteiger partial charge >= 0.3 is 0 Å². The molecule has 0 radical (unpaired) electrons. The summed E-state index contributed by atoms with van der Waals surface area (Å²) in [5.74, 6) is 0.756. The predicted octanol–water partition coefficient (Wildman–Crippen LogP) is 3.72. The van der Waals surface area contributed by atoms with Gasteiger partial charge in [-0.15, -0.1) is 0 Å². The van der Waals surface area contributed by atoms with Crippen LogP contribution >= 0.6 is 0 Å². The summed E-state index contributed by atoms with van der Waals surface area (Å²) in [6.45, 7) is 2.56. The number of aliphatic hydroxyl groups is 1. The van der Waals surface area contributed by atoms with Gasteiger partial charge in [-0.1, -0.05) is 49.4 Å². The zero-order chi connectivity index (χ0) is 15.1. The number of aliphatic hydroxyl groups excluding tert-OH is 1. The normalized spacial score (nSPS) is 13.7. The number of methoxy groups -OCH3 is 1. The molecule has 2 aromatic carbocycles. The maximum atomic E-state index is 10.5. The van der Waals surface area contributed by atoms with Crippen LogP contribution in [0.15, 0.2) is 54.6 Å². The van der Waals surface area contributed by atoms with E-state index in [0.29, 0.717) is 6.61 Å². The van der Waals surface area contributed by atoms with Gasteiger partial charge in [0, 0.05) is 7.11 Å². The van der Waals surface area contributed by atoms with Gasteiger partial charge in [-0.2, -0.15) is 0 Å². The van der Waals surface area contributed by atoms with E-state index < -0.39 is 6.10 Å². The number of benzene rings is 2. The van der Waals surface area contributed by atoms with E-state index in [0.717, 1.165) is 23.3 Å². The molecule has 0 saturated carbocycles. The summed E-state index contributed by atoms with van der Waals surface area (Å²) >= 11 is 0. The van der Waals surface area contributed by atoms with Gasteiger partial charge in [-0.3, -0.25) is 0 Å². The van der Waals surface area contributed by atoms with Crippen LogP contribution in [0, 0.1) is 0 Å². The highest BCUT2D eigenvalue weighted by Crippen LogP contribution is 2.24. The Morgan fingerprint density at radius 2 is 1.81 bits per heavy atom. The first-order valence-corrected chi connectivity index (χ1v) is 7.22. The minimum absolute atomic E-state index is 0.273. The third-order valence-electron chi connectivity index (χ3n) is 3.39. The number of rotatable bonds is 7. The largest absolute Gasteiger partial charge is 0.487 e. The van der Waals surface area contributed by atoms with Gasteiger partial charge in [0.15, 0.2) is 0 Å². The summed E-state index contributed by atoms with van der Waals surface area (Å²) in [4.78, 5) is 0. The van der Waals surface area contributed by atoms with Gasteiger partial charge in [0.1, 0.15) is 18.0 Å². The Balaban J connectivity index is 2.10. The van der Waals surface area contributed by atoms with Crippen LogP contribution in [-0.2, 0) is 11.3 Å². The van der Waals surface area contributed by atoms with Crippen LogP contribution in [0.25, 0.3) is 0 Å². The van der Waals surface area contributed by atoms with Gasteiger partial charge in [-0.25, -0.2) is 0 Å². The molecule has 2 atom stereocenters. The molecule has 2 unspecified atom stereocenters. The molecule has 0 fully saturated rings. The van der Waals surface area contributed by atoms with E-state index in [2.05, 4.69) is 0 Å². The molecular weight excluding hydrogens is 264 g/mol. The molecule has 0 saturated heterocycles.